The van der Waals surface area contributed by atoms with Crippen LogP contribution in [-0.2, 0) is 23.0 Å². The van der Waals surface area contributed by atoms with Crippen molar-refractivity contribution in [1.82, 2.24) is 10.0 Å². The van der Waals surface area contributed by atoms with Crippen LogP contribution in [0.3, 0.4) is 0 Å². The quantitative estimate of drug-likeness (QED) is 0.730. The summed E-state index contributed by atoms with van der Waals surface area (Å²) in [6.07, 6.45) is 2.68. The largest absolute Gasteiger partial charge is 0.313 e. The molecule has 0 aliphatic carbocycles. The monoisotopic (exact) mass is 330 g/mol. The number of sulfonamides is 1. The third kappa shape index (κ3) is 5.62. The topological polar surface area (TPSA) is 58.2 Å². The Kier molecular flexibility index (Phi) is 7.73. The number of thioether (sulfide) groups is 1. The van der Waals surface area contributed by atoms with Crippen molar-refractivity contribution >= 4 is 21.8 Å². The van der Waals surface area contributed by atoms with Crippen LogP contribution in [0.25, 0.3) is 0 Å². The van der Waals surface area contributed by atoms with Gasteiger partial charge >= 0.3 is 0 Å². The molecule has 0 spiro atoms. The second-order valence-corrected chi connectivity index (χ2v) is 7.99. The van der Waals surface area contributed by atoms with Gasteiger partial charge in [0.05, 0.1) is 4.90 Å². The zero-order chi connectivity index (χ0) is 15.9. The fourth-order valence-corrected chi connectivity index (χ4v) is 3.75. The van der Waals surface area contributed by atoms with Crippen molar-refractivity contribution in [2.45, 2.75) is 43.9 Å². The predicted molar refractivity (Wildman–Crippen MR) is 91.4 cm³/mol. The van der Waals surface area contributed by atoms with E-state index in [1.54, 1.807) is 17.8 Å². The Morgan fingerprint density at radius 1 is 1.29 bits per heavy atom. The molecular weight excluding hydrogens is 304 g/mol. The van der Waals surface area contributed by atoms with E-state index in [0.717, 1.165) is 17.7 Å². The molecule has 1 unspecified atom stereocenters. The fraction of sp³-hybridized carbons (Fsp3) is 0.600. The van der Waals surface area contributed by atoms with E-state index < -0.39 is 10.0 Å². The molecule has 4 nitrogen and oxygen atoms in total. The van der Waals surface area contributed by atoms with Crippen LogP contribution in [-0.4, -0.2) is 33.0 Å². The average Bonchev–Trinajstić information content (AvgIpc) is 2.50. The molecule has 2 N–H and O–H groups in total. The molecule has 0 aliphatic heterocycles. The van der Waals surface area contributed by atoms with E-state index in [2.05, 4.69) is 10.0 Å². The van der Waals surface area contributed by atoms with E-state index in [1.165, 1.54) is 0 Å². The molecule has 0 saturated carbocycles. The molecule has 21 heavy (non-hydrogen) atoms. The highest BCUT2D eigenvalue weighted by molar-refractivity contribution is 7.99. The first kappa shape index (κ1) is 18.5. The lowest BCUT2D eigenvalue weighted by molar-refractivity contribution is 0.580. The Morgan fingerprint density at radius 3 is 2.57 bits per heavy atom. The van der Waals surface area contributed by atoms with E-state index >= 15 is 0 Å². The molecule has 120 valence electrons. The molecule has 1 rings (SSSR count). The Bertz CT molecular complexity index is 545. The van der Waals surface area contributed by atoms with E-state index in [0.29, 0.717) is 24.4 Å². The Balaban J connectivity index is 3.01. The Labute approximate surface area is 133 Å². The van der Waals surface area contributed by atoms with Crippen molar-refractivity contribution in [3.05, 3.63) is 29.3 Å². The summed E-state index contributed by atoms with van der Waals surface area (Å²) < 4.78 is 27.8. The molecular formula is C15H26N2O2S2. The molecule has 0 aromatic heterocycles. The van der Waals surface area contributed by atoms with Crippen LogP contribution in [0.1, 0.15) is 31.9 Å². The van der Waals surface area contributed by atoms with Crippen LogP contribution in [0.2, 0.25) is 0 Å². The average molecular weight is 331 g/mol. The summed E-state index contributed by atoms with van der Waals surface area (Å²) in [4.78, 5) is 0.411. The van der Waals surface area contributed by atoms with E-state index in [4.69, 9.17) is 0 Å². The Hall–Kier alpha value is -0.560. The van der Waals surface area contributed by atoms with Crippen LogP contribution < -0.4 is 10.0 Å². The van der Waals surface area contributed by atoms with Crippen LogP contribution >= 0.6 is 11.8 Å². The van der Waals surface area contributed by atoms with Crippen LogP contribution in [0, 0.1) is 0 Å². The lowest BCUT2D eigenvalue weighted by Crippen LogP contribution is -2.30. The minimum Gasteiger partial charge on any atom is -0.313 e. The number of hydrogen-bond donors (Lipinski definition) is 2. The predicted octanol–water partition coefficient (Wildman–Crippen LogP) is 2.39. The van der Waals surface area contributed by atoms with Gasteiger partial charge in [-0.3, -0.25) is 0 Å². The van der Waals surface area contributed by atoms with E-state index in [-0.39, 0.29) is 5.25 Å². The van der Waals surface area contributed by atoms with Gasteiger partial charge in [0.15, 0.2) is 0 Å². The summed E-state index contributed by atoms with van der Waals surface area (Å²) in [5.41, 5.74) is 1.85. The normalized spacial score (nSPS) is 13.3. The summed E-state index contributed by atoms with van der Waals surface area (Å²) in [7, 11) is -3.45. The maximum atomic E-state index is 12.5. The zero-order valence-electron chi connectivity index (χ0n) is 13.3. The minimum absolute atomic E-state index is 0.259. The van der Waals surface area contributed by atoms with Crippen molar-refractivity contribution in [2.75, 3.05) is 19.3 Å². The van der Waals surface area contributed by atoms with Crippen molar-refractivity contribution in [1.29, 1.82) is 0 Å². The van der Waals surface area contributed by atoms with Crippen LogP contribution in [0.4, 0.5) is 0 Å². The lowest BCUT2D eigenvalue weighted by atomic mass is 10.1. The Morgan fingerprint density at radius 2 is 2.00 bits per heavy atom. The van der Waals surface area contributed by atoms with E-state index in [1.807, 2.05) is 39.2 Å². The minimum atomic E-state index is -3.45. The second-order valence-electron chi connectivity index (χ2n) is 4.97. The highest BCUT2D eigenvalue weighted by Gasteiger charge is 2.19. The van der Waals surface area contributed by atoms with Crippen molar-refractivity contribution in [3.63, 3.8) is 0 Å². The number of nitrogens with one attached hydrogen (secondary N) is 2. The summed E-state index contributed by atoms with van der Waals surface area (Å²) in [6, 6.07) is 5.69. The van der Waals surface area contributed by atoms with Gasteiger partial charge in [-0.2, -0.15) is 11.8 Å². The third-order valence-electron chi connectivity index (χ3n) is 3.34. The molecule has 0 saturated heterocycles. The molecule has 0 aliphatic rings. The van der Waals surface area contributed by atoms with Gasteiger partial charge in [-0.25, -0.2) is 13.1 Å². The molecule has 0 amide bonds. The lowest BCUT2D eigenvalue weighted by Gasteiger charge is -2.14. The number of aryl methyl sites for hydroxylation is 1. The highest BCUT2D eigenvalue weighted by atomic mass is 32.2. The SMILES string of the molecule is CCNCc1ccc(CC)c(S(=O)(=O)NCC(C)SC)c1. The van der Waals surface area contributed by atoms with Gasteiger partial charge in [-0.15, -0.1) is 0 Å². The second kappa shape index (κ2) is 8.78. The summed E-state index contributed by atoms with van der Waals surface area (Å²) in [6.45, 7) is 8.01. The molecule has 0 heterocycles. The van der Waals surface area contributed by atoms with Gasteiger partial charge in [0.2, 0.25) is 10.0 Å². The molecule has 1 aromatic carbocycles. The van der Waals surface area contributed by atoms with Crippen LogP contribution in [0.15, 0.2) is 23.1 Å². The highest BCUT2D eigenvalue weighted by Crippen LogP contribution is 2.19. The van der Waals surface area contributed by atoms with Crippen LogP contribution in [0.5, 0.6) is 0 Å². The third-order valence-corrected chi connectivity index (χ3v) is 5.82. The molecule has 1 aromatic rings. The fourth-order valence-electron chi connectivity index (χ4n) is 1.91. The maximum absolute atomic E-state index is 12.5. The smallest absolute Gasteiger partial charge is 0.240 e. The first-order chi connectivity index (χ1) is 9.94. The van der Waals surface area contributed by atoms with Gasteiger partial charge in [-0.05, 0) is 36.4 Å². The molecule has 0 bridgehead atoms. The van der Waals surface area contributed by atoms with Crippen molar-refractivity contribution in [2.24, 2.45) is 0 Å². The zero-order valence-corrected chi connectivity index (χ0v) is 14.9. The van der Waals surface area contributed by atoms with Gasteiger partial charge in [0.25, 0.3) is 0 Å². The standard InChI is InChI=1S/C15H26N2O2S2/c1-5-14-8-7-13(11-16-6-2)9-15(14)21(18,19)17-10-12(3)20-4/h7-9,12,16-17H,5-6,10-11H2,1-4H3. The van der Waals surface area contributed by atoms with Gasteiger partial charge in [-0.1, -0.05) is 32.9 Å². The van der Waals surface area contributed by atoms with Gasteiger partial charge in [0, 0.05) is 18.3 Å². The van der Waals surface area contributed by atoms with Crippen molar-refractivity contribution in [3.8, 4) is 0 Å². The van der Waals surface area contributed by atoms with Crippen molar-refractivity contribution < 1.29 is 8.42 Å². The maximum Gasteiger partial charge on any atom is 0.240 e. The van der Waals surface area contributed by atoms with Gasteiger partial charge < -0.3 is 5.32 Å². The summed E-state index contributed by atoms with van der Waals surface area (Å²) in [5.74, 6) is 0. The molecule has 1 atom stereocenters. The number of rotatable bonds is 9. The summed E-state index contributed by atoms with van der Waals surface area (Å²) >= 11 is 1.65. The van der Waals surface area contributed by atoms with Gasteiger partial charge in [0.1, 0.15) is 0 Å². The number of hydrogen-bond acceptors (Lipinski definition) is 4. The van der Waals surface area contributed by atoms with E-state index in [9.17, 15) is 8.42 Å². The molecule has 0 radical (unpaired) electrons. The molecule has 6 heteroatoms. The first-order valence-electron chi connectivity index (χ1n) is 7.29. The number of benzene rings is 1. The summed E-state index contributed by atoms with van der Waals surface area (Å²) in [5, 5.41) is 3.48. The first-order valence-corrected chi connectivity index (χ1v) is 10.1. The molecule has 0 fully saturated rings.